The highest BCUT2D eigenvalue weighted by molar-refractivity contribution is 6.42. The number of nitrogens with one attached hydrogen (secondary N) is 1. The van der Waals surface area contributed by atoms with Gasteiger partial charge in [-0.3, -0.25) is 4.79 Å². The molecule has 0 heterocycles. The topological polar surface area (TPSA) is 47.6 Å². The number of carbonyl (C=O) groups is 1. The predicted molar refractivity (Wildman–Crippen MR) is 92.8 cm³/mol. The van der Waals surface area contributed by atoms with E-state index in [0.29, 0.717) is 33.7 Å². The number of anilines is 1. The number of hydrogen-bond acceptors (Lipinski definition) is 3. The molecule has 0 saturated heterocycles. The number of benzene rings is 2. The Labute approximate surface area is 145 Å². The maximum absolute atomic E-state index is 12.4. The zero-order chi connectivity index (χ0) is 16.8. The van der Waals surface area contributed by atoms with Gasteiger partial charge in [-0.05, 0) is 36.8 Å². The molecule has 6 heteroatoms. The molecule has 0 aromatic heterocycles. The lowest BCUT2D eigenvalue weighted by molar-refractivity contribution is -0.122. The number of para-hydroxylation sites is 2. The Hall–Kier alpha value is -1.91. The van der Waals surface area contributed by atoms with Gasteiger partial charge in [0.05, 0.1) is 17.2 Å². The first kappa shape index (κ1) is 17.4. The van der Waals surface area contributed by atoms with Crippen LogP contribution in [0.25, 0.3) is 0 Å². The minimum absolute atomic E-state index is 0.267. The third-order valence-corrected chi connectivity index (χ3v) is 3.93. The molecule has 0 spiro atoms. The predicted octanol–water partition coefficient (Wildman–Crippen LogP) is 4.80. The molecule has 2 aromatic carbocycles. The van der Waals surface area contributed by atoms with E-state index in [2.05, 4.69) is 5.32 Å². The van der Waals surface area contributed by atoms with E-state index in [1.54, 1.807) is 37.4 Å². The molecule has 0 aliphatic carbocycles. The Kier molecular flexibility index (Phi) is 6.13. The van der Waals surface area contributed by atoms with Gasteiger partial charge in [0, 0.05) is 5.69 Å². The van der Waals surface area contributed by atoms with Crippen molar-refractivity contribution in [3.63, 3.8) is 0 Å². The van der Waals surface area contributed by atoms with Crippen molar-refractivity contribution in [1.29, 1.82) is 0 Å². The molecule has 1 atom stereocenters. The Morgan fingerprint density at radius 1 is 1.13 bits per heavy atom. The summed E-state index contributed by atoms with van der Waals surface area (Å²) in [7, 11) is 1.55. The first-order valence-corrected chi connectivity index (χ1v) is 7.86. The third-order valence-electron chi connectivity index (χ3n) is 3.19. The Balaban J connectivity index is 2.10. The van der Waals surface area contributed by atoms with Crippen LogP contribution in [0.4, 0.5) is 5.69 Å². The number of halogens is 2. The summed E-state index contributed by atoms with van der Waals surface area (Å²) in [5.74, 6) is 0.830. The lowest BCUT2D eigenvalue weighted by atomic mass is 10.2. The van der Waals surface area contributed by atoms with Gasteiger partial charge < -0.3 is 14.8 Å². The molecule has 0 fully saturated rings. The molecule has 2 rings (SSSR count). The molecule has 0 aliphatic heterocycles. The number of hydrogen-bond donors (Lipinski definition) is 1. The smallest absolute Gasteiger partial charge is 0.265 e. The van der Waals surface area contributed by atoms with Crippen LogP contribution in [0.3, 0.4) is 0 Å². The van der Waals surface area contributed by atoms with Crippen molar-refractivity contribution in [1.82, 2.24) is 0 Å². The van der Waals surface area contributed by atoms with Gasteiger partial charge in [-0.25, -0.2) is 0 Å². The number of ether oxygens (including phenoxy) is 2. The molecule has 23 heavy (non-hydrogen) atoms. The molecule has 2 aromatic rings. The highest BCUT2D eigenvalue weighted by Gasteiger charge is 2.20. The second-order valence-electron chi connectivity index (χ2n) is 4.78. The molecule has 0 bridgehead atoms. The van der Waals surface area contributed by atoms with Crippen LogP contribution in [0.2, 0.25) is 10.0 Å². The summed E-state index contributed by atoms with van der Waals surface area (Å²) >= 11 is 11.8. The van der Waals surface area contributed by atoms with Gasteiger partial charge >= 0.3 is 0 Å². The first-order valence-electron chi connectivity index (χ1n) is 7.10. The molecule has 4 nitrogen and oxygen atoms in total. The van der Waals surface area contributed by atoms with Crippen LogP contribution in [0.5, 0.6) is 11.5 Å². The van der Waals surface area contributed by atoms with Crippen molar-refractivity contribution in [2.75, 3.05) is 12.4 Å². The van der Waals surface area contributed by atoms with Gasteiger partial charge in [-0.1, -0.05) is 42.3 Å². The number of carbonyl (C=O) groups excluding carboxylic acids is 1. The largest absolute Gasteiger partial charge is 0.493 e. The van der Waals surface area contributed by atoms with Crippen LogP contribution in [0.15, 0.2) is 42.5 Å². The number of amides is 1. The summed E-state index contributed by atoms with van der Waals surface area (Å²) in [6, 6.07) is 12.1. The van der Waals surface area contributed by atoms with Crippen molar-refractivity contribution < 1.29 is 14.3 Å². The molecule has 0 saturated carbocycles. The molecular formula is C17H17Cl2NO3. The standard InChI is InChI=1S/C17H17Cl2NO3/c1-3-14(23-16-7-5-4-6-15(16)22-2)17(21)20-11-8-9-12(18)13(19)10-11/h4-10,14H,3H2,1-2H3,(H,20,21)/t14-/m1/s1. The van der Waals surface area contributed by atoms with E-state index >= 15 is 0 Å². The lowest BCUT2D eigenvalue weighted by Gasteiger charge is -2.19. The van der Waals surface area contributed by atoms with Gasteiger partial charge in [-0.15, -0.1) is 0 Å². The van der Waals surface area contributed by atoms with Gasteiger partial charge in [0.2, 0.25) is 0 Å². The monoisotopic (exact) mass is 353 g/mol. The van der Waals surface area contributed by atoms with E-state index in [4.69, 9.17) is 32.7 Å². The normalized spacial score (nSPS) is 11.7. The third kappa shape index (κ3) is 4.53. The van der Waals surface area contributed by atoms with E-state index in [1.807, 2.05) is 19.1 Å². The molecule has 0 unspecified atom stereocenters. The molecule has 0 radical (unpaired) electrons. The zero-order valence-electron chi connectivity index (χ0n) is 12.8. The van der Waals surface area contributed by atoms with Gasteiger partial charge in [0.1, 0.15) is 0 Å². The van der Waals surface area contributed by atoms with Gasteiger partial charge in [0.15, 0.2) is 17.6 Å². The minimum Gasteiger partial charge on any atom is -0.493 e. The summed E-state index contributed by atoms with van der Waals surface area (Å²) in [4.78, 5) is 12.4. The Morgan fingerprint density at radius 3 is 2.43 bits per heavy atom. The second-order valence-corrected chi connectivity index (χ2v) is 5.60. The van der Waals surface area contributed by atoms with E-state index in [-0.39, 0.29) is 5.91 Å². The number of methoxy groups -OCH3 is 1. The summed E-state index contributed by atoms with van der Waals surface area (Å²) in [5.41, 5.74) is 0.562. The van der Waals surface area contributed by atoms with Gasteiger partial charge in [0.25, 0.3) is 5.91 Å². The fourth-order valence-corrected chi connectivity index (χ4v) is 2.29. The van der Waals surface area contributed by atoms with E-state index < -0.39 is 6.10 Å². The quantitative estimate of drug-likeness (QED) is 0.811. The van der Waals surface area contributed by atoms with Crippen LogP contribution in [-0.2, 0) is 4.79 Å². The van der Waals surface area contributed by atoms with Crippen molar-refractivity contribution in [3.8, 4) is 11.5 Å². The van der Waals surface area contributed by atoms with Crippen molar-refractivity contribution in [2.45, 2.75) is 19.4 Å². The molecule has 1 N–H and O–H groups in total. The highest BCUT2D eigenvalue weighted by atomic mass is 35.5. The summed E-state index contributed by atoms with van der Waals surface area (Å²) in [5, 5.41) is 3.58. The number of rotatable bonds is 6. The minimum atomic E-state index is -0.652. The van der Waals surface area contributed by atoms with E-state index in [1.165, 1.54) is 0 Å². The SMILES string of the molecule is CC[C@@H](Oc1ccccc1OC)C(=O)Nc1ccc(Cl)c(Cl)c1. The summed E-state index contributed by atoms with van der Waals surface area (Å²) < 4.78 is 11.0. The van der Waals surface area contributed by atoms with E-state index in [0.717, 1.165) is 0 Å². The first-order chi connectivity index (χ1) is 11.0. The molecular weight excluding hydrogens is 337 g/mol. The van der Waals surface area contributed by atoms with E-state index in [9.17, 15) is 4.79 Å². The fourth-order valence-electron chi connectivity index (χ4n) is 1.99. The van der Waals surface area contributed by atoms with Crippen LogP contribution in [-0.4, -0.2) is 19.1 Å². The molecule has 122 valence electrons. The fraction of sp³-hybridized carbons (Fsp3) is 0.235. The average Bonchev–Trinajstić information content (AvgIpc) is 2.56. The van der Waals surface area contributed by atoms with Crippen LogP contribution >= 0.6 is 23.2 Å². The van der Waals surface area contributed by atoms with Crippen LogP contribution < -0.4 is 14.8 Å². The maximum atomic E-state index is 12.4. The maximum Gasteiger partial charge on any atom is 0.265 e. The summed E-state index contributed by atoms with van der Waals surface area (Å²) in [6.45, 7) is 1.87. The molecule has 1 amide bonds. The van der Waals surface area contributed by atoms with Crippen molar-refractivity contribution in [2.24, 2.45) is 0 Å². The van der Waals surface area contributed by atoms with Crippen molar-refractivity contribution in [3.05, 3.63) is 52.5 Å². The van der Waals surface area contributed by atoms with Gasteiger partial charge in [-0.2, -0.15) is 0 Å². The highest BCUT2D eigenvalue weighted by Crippen LogP contribution is 2.28. The Morgan fingerprint density at radius 2 is 1.83 bits per heavy atom. The van der Waals surface area contributed by atoms with Crippen LogP contribution in [0, 0.1) is 0 Å². The van der Waals surface area contributed by atoms with Crippen LogP contribution in [0.1, 0.15) is 13.3 Å². The van der Waals surface area contributed by atoms with Crippen molar-refractivity contribution >= 4 is 34.8 Å². The summed E-state index contributed by atoms with van der Waals surface area (Å²) in [6.07, 6.45) is -0.147. The lowest BCUT2D eigenvalue weighted by Crippen LogP contribution is -2.32. The average molecular weight is 354 g/mol. The second kappa shape index (κ2) is 8.09. The molecule has 0 aliphatic rings. The zero-order valence-corrected chi connectivity index (χ0v) is 14.3. The Bertz CT molecular complexity index is 691.